The van der Waals surface area contributed by atoms with Crippen LogP contribution in [0.25, 0.3) is 0 Å². The van der Waals surface area contributed by atoms with Crippen molar-refractivity contribution in [3.63, 3.8) is 0 Å². The van der Waals surface area contributed by atoms with Crippen molar-refractivity contribution >= 4 is 11.9 Å². The van der Waals surface area contributed by atoms with Crippen LogP contribution in [0, 0.1) is 53.3 Å². The van der Waals surface area contributed by atoms with Gasteiger partial charge in [-0.1, -0.05) is 72.0 Å². The number of carbonyl (C=O) groups excluding carboxylic acids is 2. The molecule has 0 heterocycles. The predicted octanol–water partition coefficient (Wildman–Crippen LogP) is 9.63. The van der Waals surface area contributed by atoms with Crippen molar-refractivity contribution in [1.82, 2.24) is 0 Å². The summed E-state index contributed by atoms with van der Waals surface area (Å²) in [5.74, 6) is 4.69. The van der Waals surface area contributed by atoms with Gasteiger partial charge in [-0.2, -0.15) is 0 Å². The van der Waals surface area contributed by atoms with E-state index in [0.717, 1.165) is 68.1 Å². The lowest BCUT2D eigenvalue weighted by molar-refractivity contribution is -0.139. The third-order valence-electron chi connectivity index (χ3n) is 13.0. The minimum Gasteiger partial charge on any atom is -0.462 e. The van der Waals surface area contributed by atoms with E-state index >= 15 is 0 Å². The summed E-state index contributed by atoms with van der Waals surface area (Å²) in [6.07, 6.45) is 22.9. The molecule has 2 N–H and O–H groups in total. The molecule has 5 atom stereocenters. The van der Waals surface area contributed by atoms with Crippen molar-refractivity contribution in [2.75, 3.05) is 33.0 Å². The third kappa shape index (κ3) is 14.6. The van der Waals surface area contributed by atoms with Gasteiger partial charge in [-0.15, -0.1) is 0 Å². The molecule has 0 radical (unpaired) electrons. The largest absolute Gasteiger partial charge is 0.462 e. The minimum absolute atomic E-state index is 0.0387. The number of aliphatic hydroxyl groups excluding tert-OH is 2. The highest BCUT2D eigenvalue weighted by atomic mass is 16.5. The Bertz CT molecular complexity index is 984. The smallest absolute Gasteiger partial charge is 0.333 e. The Morgan fingerprint density at radius 3 is 1.71 bits per heavy atom. The summed E-state index contributed by atoms with van der Waals surface area (Å²) in [5.41, 5.74) is 0.844. The molecule has 7 nitrogen and oxygen atoms in total. The van der Waals surface area contributed by atoms with Crippen LogP contribution in [0.15, 0.2) is 24.3 Å². The molecule has 294 valence electrons. The zero-order valence-corrected chi connectivity index (χ0v) is 33.1. The molecule has 51 heavy (non-hydrogen) atoms. The van der Waals surface area contributed by atoms with Gasteiger partial charge in [0.1, 0.15) is 0 Å². The number of ether oxygens (including phenoxy) is 3. The quantitative estimate of drug-likeness (QED) is 0.0617. The second kappa shape index (κ2) is 23.9. The van der Waals surface area contributed by atoms with Crippen molar-refractivity contribution in [2.24, 2.45) is 53.3 Å². The van der Waals surface area contributed by atoms with Gasteiger partial charge in [0.25, 0.3) is 0 Å². The monoisotopic (exact) mass is 717 g/mol. The lowest BCUT2D eigenvalue weighted by Crippen LogP contribution is -2.44. The summed E-state index contributed by atoms with van der Waals surface area (Å²) < 4.78 is 17.8. The second-order valence-corrected chi connectivity index (χ2v) is 16.9. The molecular formula is C44H76O7. The Morgan fingerprint density at radius 1 is 0.647 bits per heavy atom. The minimum atomic E-state index is -0.334. The van der Waals surface area contributed by atoms with Gasteiger partial charge in [0, 0.05) is 36.9 Å². The number of rotatable bonds is 23. The molecule has 0 aliphatic heterocycles. The van der Waals surface area contributed by atoms with Crippen LogP contribution in [-0.4, -0.2) is 61.3 Å². The maximum Gasteiger partial charge on any atom is 0.333 e. The van der Waals surface area contributed by atoms with Crippen LogP contribution < -0.4 is 0 Å². The standard InChI is InChI=1S/C44H76O7/c1-7-9-13-33-16-18-35(19-17-33)36-20-21-41(37(26-36)12-8-2)40-27-38(14-10-23-50-43(47)31(3)4)42(49-25-22-34(29-45)30-46)39(28-40)15-11-24-51-44(48)32(5)6/h33-42,45-46H,3,5,7-30H2,1-2,4,6H3. The summed E-state index contributed by atoms with van der Waals surface area (Å²) in [6, 6.07) is 0. The van der Waals surface area contributed by atoms with E-state index in [1.165, 1.54) is 77.0 Å². The van der Waals surface area contributed by atoms with Gasteiger partial charge in [-0.25, -0.2) is 9.59 Å². The number of aliphatic hydroxyl groups is 2. The lowest BCUT2D eigenvalue weighted by atomic mass is 9.58. The molecule has 3 saturated carbocycles. The number of hydrogen-bond acceptors (Lipinski definition) is 7. The van der Waals surface area contributed by atoms with Crippen LogP contribution in [0.2, 0.25) is 0 Å². The van der Waals surface area contributed by atoms with Crippen molar-refractivity contribution in [3.8, 4) is 0 Å². The molecule has 0 saturated heterocycles. The first-order chi connectivity index (χ1) is 24.6. The Hall–Kier alpha value is -1.70. The highest BCUT2D eigenvalue weighted by molar-refractivity contribution is 5.87. The van der Waals surface area contributed by atoms with Gasteiger partial charge in [0.05, 0.1) is 19.3 Å². The molecule has 0 spiro atoms. The van der Waals surface area contributed by atoms with Crippen LogP contribution in [-0.2, 0) is 23.8 Å². The fourth-order valence-electron chi connectivity index (χ4n) is 10.1. The van der Waals surface area contributed by atoms with Gasteiger partial charge in [-0.05, 0) is 138 Å². The molecule has 7 heteroatoms. The molecule has 0 aromatic heterocycles. The maximum atomic E-state index is 12.1. The Morgan fingerprint density at radius 2 is 1.20 bits per heavy atom. The predicted molar refractivity (Wildman–Crippen MR) is 206 cm³/mol. The van der Waals surface area contributed by atoms with Crippen LogP contribution >= 0.6 is 0 Å². The average molecular weight is 717 g/mol. The van der Waals surface area contributed by atoms with Gasteiger partial charge in [0.2, 0.25) is 0 Å². The second-order valence-electron chi connectivity index (χ2n) is 16.9. The first-order valence-corrected chi connectivity index (χ1v) is 21.1. The molecule has 0 aromatic carbocycles. The molecule has 3 aliphatic rings. The van der Waals surface area contributed by atoms with Crippen LogP contribution in [0.3, 0.4) is 0 Å². The molecule has 0 amide bonds. The van der Waals surface area contributed by atoms with E-state index in [2.05, 4.69) is 27.0 Å². The normalized spacial score (nSPS) is 29.8. The molecule has 3 aliphatic carbocycles. The van der Waals surface area contributed by atoms with Crippen molar-refractivity contribution in [3.05, 3.63) is 24.3 Å². The fourth-order valence-corrected chi connectivity index (χ4v) is 10.1. The molecule has 3 fully saturated rings. The first-order valence-electron chi connectivity index (χ1n) is 21.1. The molecule has 3 rings (SSSR count). The zero-order chi connectivity index (χ0) is 37.2. The van der Waals surface area contributed by atoms with E-state index in [9.17, 15) is 19.8 Å². The summed E-state index contributed by atoms with van der Waals surface area (Å²) in [4.78, 5) is 24.3. The SMILES string of the molecule is C=C(C)C(=O)OCCCC1CC(C2CCC(C3CCC(CCCC)CC3)CC2CCC)CC(CCCOC(=O)C(=C)C)C1OCCC(CO)CO. The van der Waals surface area contributed by atoms with E-state index in [4.69, 9.17) is 14.2 Å². The number of esters is 2. The Balaban J connectivity index is 1.76. The number of unbranched alkanes of at least 4 members (excludes halogenated alkanes) is 1. The molecule has 0 aromatic rings. The Labute approximate surface area is 311 Å². The van der Waals surface area contributed by atoms with Gasteiger partial charge < -0.3 is 24.4 Å². The van der Waals surface area contributed by atoms with Crippen molar-refractivity contribution in [1.29, 1.82) is 0 Å². The van der Waals surface area contributed by atoms with Gasteiger partial charge >= 0.3 is 11.9 Å². The fraction of sp³-hybridized carbons (Fsp3) is 0.864. The molecular weight excluding hydrogens is 640 g/mol. The van der Waals surface area contributed by atoms with E-state index in [1.807, 2.05) is 0 Å². The van der Waals surface area contributed by atoms with E-state index in [-0.39, 0.29) is 37.2 Å². The molecule has 0 bridgehead atoms. The summed E-state index contributed by atoms with van der Waals surface area (Å²) in [7, 11) is 0. The van der Waals surface area contributed by atoms with Crippen molar-refractivity contribution in [2.45, 2.75) is 156 Å². The van der Waals surface area contributed by atoms with Gasteiger partial charge in [-0.3, -0.25) is 0 Å². The average Bonchev–Trinajstić information content (AvgIpc) is 3.13. The summed E-state index contributed by atoms with van der Waals surface area (Å²) >= 11 is 0. The number of carbonyl (C=O) groups is 2. The van der Waals surface area contributed by atoms with Gasteiger partial charge in [0.15, 0.2) is 0 Å². The number of hydrogen-bond donors (Lipinski definition) is 2. The lowest BCUT2D eigenvalue weighted by Gasteiger charge is -2.49. The van der Waals surface area contributed by atoms with E-state index in [0.29, 0.717) is 55.1 Å². The highest BCUT2D eigenvalue weighted by Gasteiger charge is 2.44. The highest BCUT2D eigenvalue weighted by Crippen LogP contribution is 2.52. The zero-order valence-electron chi connectivity index (χ0n) is 33.1. The van der Waals surface area contributed by atoms with Crippen LogP contribution in [0.1, 0.15) is 150 Å². The summed E-state index contributed by atoms with van der Waals surface area (Å²) in [6.45, 7) is 16.6. The van der Waals surface area contributed by atoms with Crippen LogP contribution in [0.5, 0.6) is 0 Å². The van der Waals surface area contributed by atoms with Crippen molar-refractivity contribution < 1.29 is 34.0 Å². The van der Waals surface area contributed by atoms with E-state index < -0.39 is 0 Å². The maximum absolute atomic E-state index is 12.1. The first kappa shape index (κ1) is 43.7. The topological polar surface area (TPSA) is 102 Å². The Kier molecular flexibility index (Phi) is 20.4. The molecule has 5 unspecified atom stereocenters. The third-order valence-corrected chi connectivity index (χ3v) is 13.0. The van der Waals surface area contributed by atoms with E-state index in [1.54, 1.807) is 13.8 Å². The summed E-state index contributed by atoms with van der Waals surface area (Å²) in [5, 5.41) is 19.4. The van der Waals surface area contributed by atoms with Crippen LogP contribution in [0.4, 0.5) is 0 Å².